The van der Waals surface area contributed by atoms with Crippen LogP contribution in [0.5, 0.6) is 0 Å². The monoisotopic (exact) mass is 376 g/mol. The molecule has 5 rings (SSSR count). The number of rotatable bonds is 2. The Morgan fingerprint density at radius 1 is 1.25 bits per heavy atom. The minimum atomic E-state index is -0.255. The first-order valence-corrected chi connectivity index (χ1v) is 9.23. The fourth-order valence-corrected chi connectivity index (χ4v) is 3.89. The molecule has 3 aromatic heterocycles. The Hall–Kier alpha value is -3.49. The first-order valence-electron chi connectivity index (χ1n) is 9.23. The highest BCUT2D eigenvalue weighted by Crippen LogP contribution is 2.40. The number of fused-ring (bicyclic) bond motifs is 4. The van der Waals surface area contributed by atoms with Crippen LogP contribution in [0.2, 0.25) is 0 Å². The minimum absolute atomic E-state index is 0.0816. The third kappa shape index (κ3) is 2.75. The summed E-state index contributed by atoms with van der Waals surface area (Å²) >= 11 is 0. The normalized spacial score (nSPS) is 17.6. The number of aromatic nitrogens is 5. The van der Waals surface area contributed by atoms with Crippen LogP contribution in [0.25, 0.3) is 11.3 Å². The number of amides is 2. The molecule has 1 atom stereocenters. The maximum absolute atomic E-state index is 13.1. The summed E-state index contributed by atoms with van der Waals surface area (Å²) in [6, 6.07) is 7.81. The largest absolute Gasteiger partial charge is 0.366 e. The van der Waals surface area contributed by atoms with Crippen molar-refractivity contribution in [2.45, 2.75) is 19.4 Å². The van der Waals surface area contributed by atoms with Crippen molar-refractivity contribution in [3.63, 3.8) is 0 Å². The molecule has 1 fully saturated rings. The van der Waals surface area contributed by atoms with Gasteiger partial charge in [-0.3, -0.25) is 19.9 Å². The van der Waals surface area contributed by atoms with Crippen molar-refractivity contribution in [1.29, 1.82) is 0 Å². The molecule has 3 aromatic rings. The van der Waals surface area contributed by atoms with Crippen LogP contribution in [0.1, 0.15) is 12.1 Å². The predicted octanol–water partition coefficient (Wildman–Crippen LogP) is 2.21. The van der Waals surface area contributed by atoms with E-state index in [0.717, 1.165) is 42.1 Å². The van der Waals surface area contributed by atoms with Crippen molar-refractivity contribution >= 4 is 23.5 Å². The predicted molar refractivity (Wildman–Crippen MR) is 105 cm³/mol. The second-order valence-corrected chi connectivity index (χ2v) is 7.16. The first kappa shape index (κ1) is 16.7. The number of nitrogens with zero attached hydrogens (tertiary/aromatic N) is 7. The molecule has 142 valence electrons. The number of hydrogen-bond donors (Lipinski definition) is 1. The molecule has 0 aromatic carbocycles. The molecule has 0 radical (unpaired) electrons. The van der Waals surface area contributed by atoms with Gasteiger partial charge in [-0.2, -0.15) is 0 Å². The molecule has 0 spiro atoms. The Morgan fingerprint density at radius 3 is 2.93 bits per heavy atom. The number of hydrogen-bond acceptors (Lipinski definition) is 6. The molecular formula is C19H20N8O. The van der Waals surface area contributed by atoms with Gasteiger partial charge in [0, 0.05) is 37.6 Å². The van der Waals surface area contributed by atoms with Gasteiger partial charge in [0.2, 0.25) is 5.95 Å². The van der Waals surface area contributed by atoms with E-state index in [-0.39, 0.29) is 18.0 Å². The summed E-state index contributed by atoms with van der Waals surface area (Å²) in [6.07, 6.45) is 4.23. The van der Waals surface area contributed by atoms with E-state index in [4.69, 9.17) is 4.98 Å². The SMILES string of the molecule is Cc1cc(-c2ccc3c(n2)N(C(=O)Nc2ncn(C)n2)C2CCN3C2)ccn1. The lowest BCUT2D eigenvalue weighted by Gasteiger charge is -2.35. The Bertz CT molecular complexity index is 1060. The van der Waals surface area contributed by atoms with Crippen molar-refractivity contribution in [3.05, 3.63) is 42.5 Å². The highest BCUT2D eigenvalue weighted by Gasteiger charge is 2.40. The van der Waals surface area contributed by atoms with Crippen LogP contribution in [0.3, 0.4) is 0 Å². The van der Waals surface area contributed by atoms with Gasteiger partial charge in [-0.05, 0) is 37.6 Å². The van der Waals surface area contributed by atoms with Gasteiger partial charge in [-0.25, -0.2) is 14.8 Å². The molecule has 9 nitrogen and oxygen atoms in total. The second kappa shape index (κ2) is 6.29. The summed E-state index contributed by atoms with van der Waals surface area (Å²) in [4.78, 5) is 30.3. The van der Waals surface area contributed by atoms with Crippen molar-refractivity contribution in [3.8, 4) is 11.3 Å². The number of nitrogens with one attached hydrogen (secondary N) is 1. The van der Waals surface area contributed by atoms with Crippen molar-refractivity contribution in [2.75, 3.05) is 28.2 Å². The van der Waals surface area contributed by atoms with Gasteiger partial charge >= 0.3 is 6.03 Å². The zero-order chi connectivity index (χ0) is 19.3. The molecule has 0 aliphatic carbocycles. The van der Waals surface area contributed by atoms with E-state index >= 15 is 0 Å². The topological polar surface area (TPSA) is 92.1 Å². The van der Waals surface area contributed by atoms with E-state index < -0.39 is 0 Å². The number of aryl methyl sites for hydroxylation is 2. The van der Waals surface area contributed by atoms with E-state index in [0.29, 0.717) is 5.82 Å². The van der Waals surface area contributed by atoms with Gasteiger partial charge in [-0.1, -0.05) is 0 Å². The molecule has 2 bridgehead atoms. The molecule has 2 aliphatic heterocycles. The van der Waals surface area contributed by atoms with E-state index in [9.17, 15) is 4.79 Å². The average molecular weight is 376 g/mol. The fourth-order valence-electron chi connectivity index (χ4n) is 3.89. The summed E-state index contributed by atoms with van der Waals surface area (Å²) in [5.74, 6) is 0.963. The Kier molecular flexibility index (Phi) is 3.75. The van der Waals surface area contributed by atoms with Gasteiger partial charge < -0.3 is 4.90 Å². The van der Waals surface area contributed by atoms with Crippen molar-refractivity contribution < 1.29 is 4.79 Å². The first-order chi connectivity index (χ1) is 13.6. The van der Waals surface area contributed by atoms with Crippen LogP contribution >= 0.6 is 0 Å². The number of urea groups is 1. The summed E-state index contributed by atoms with van der Waals surface area (Å²) < 4.78 is 1.55. The average Bonchev–Trinajstić information content (AvgIpc) is 3.28. The molecule has 28 heavy (non-hydrogen) atoms. The summed E-state index contributed by atoms with van der Waals surface area (Å²) in [7, 11) is 1.76. The second-order valence-electron chi connectivity index (χ2n) is 7.16. The van der Waals surface area contributed by atoms with Crippen LogP contribution in [-0.2, 0) is 7.05 Å². The highest BCUT2D eigenvalue weighted by atomic mass is 16.2. The molecule has 2 amide bonds. The number of pyridine rings is 2. The van der Waals surface area contributed by atoms with E-state index in [1.165, 1.54) is 0 Å². The fraction of sp³-hybridized carbons (Fsp3) is 0.316. The maximum Gasteiger partial charge on any atom is 0.330 e. The van der Waals surface area contributed by atoms with E-state index in [1.807, 2.05) is 31.2 Å². The summed E-state index contributed by atoms with van der Waals surface area (Å²) in [5.41, 5.74) is 3.71. The quantitative estimate of drug-likeness (QED) is 0.737. The molecule has 9 heteroatoms. The minimum Gasteiger partial charge on any atom is -0.366 e. The Morgan fingerprint density at radius 2 is 2.14 bits per heavy atom. The van der Waals surface area contributed by atoms with Crippen LogP contribution in [0.4, 0.5) is 22.2 Å². The zero-order valence-corrected chi connectivity index (χ0v) is 15.7. The number of carbonyl (C=O) groups is 1. The van der Waals surface area contributed by atoms with Gasteiger partial charge in [0.05, 0.1) is 17.4 Å². The van der Waals surface area contributed by atoms with Gasteiger partial charge in [0.25, 0.3) is 0 Å². The summed E-state index contributed by atoms with van der Waals surface area (Å²) in [6.45, 7) is 3.68. The molecular weight excluding hydrogens is 356 g/mol. The number of anilines is 3. The molecule has 0 saturated carbocycles. The van der Waals surface area contributed by atoms with E-state index in [1.54, 1.807) is 29.2 Å². The lowest BCUT2D eigenvalue weighted by atomic mass is 10.1. The molecule has 2 aliphatic rings. The van der Waals surface area contributed by atoms with Crippen molar-refractivity contribution in [1.82, 2.24) is 24.7 Å². The highest BCUT2D eigenvalue weighted by molar-refractivity contribution is 6.04. The molecule has 1 saturated heterocycles. The van der Waals surface area contributed by atoms with Crippen LogP contribution in [-0.4, -0.2) is 49.9 Å². The zero-order valence-electron chi connectivity index (χ0n) is 15.7. The molecule has 1 unspecified atom stereocenters. The lowest BCUT2D eigenvalue weighted by Crippen LogP contribution is -2.48. The van der Waals surface area contributed by atoms with Crippen molar-refractivity contribution in [2.24, 2.45) is 7.05 Å². The van der Waals surface area contributed by atoms with Crippen LogP contribution in [0, 0.1) is 6.92 Å². The Labute approximate surface area is 162 Å². The molecule has 1 N–H and O–H groups in total. The van der Waals surface area contributed by atoms with Crippen LogP contribution in [0.15, 0.2) is 36.8 Å². The number of carbonyl (C=O) groups excluding carboxylic acids is 1. The standard InChI is InChI=1S/C19H20N8O/c1-12-9-13(5-7-20-12)15-3-4-16-17(22-15)27(14-6-8-26(16)10-14)19(28)23-18-21-11-25(2)24-18/h3-5,7,9,11,14H,6,8,10H2,1-2H3,(H,23,24,28). The van der Waals surface area contributed by atoms with Gasteiger partial charge in [-0.15, -0.1) is 5.10 Å². The smallest absolute Gasteiger partial charge is 0.330 e. The van der Waals surface area contributed by atoms with Crippen LogP contribution < -0.4 is 15.1 Å². The maximum atomic E-state index is 13.1. The van der Waals surface area contributed by atoms with Gasteiger partial charge in [0.15, 0.2) is 5.82 Å². The summed E-state index contributed by atoms with van der Waals surface area (Å²) in [5, 5.41) is 6.95. The molecule has 5 heterocycles. The Balaban J connectivity index is 1.54. The lowest BCUT2D eigenvalue weighted by molar-refractivity contribution is 0.254. The van der Waals surface area contributed by atoms with E-state index in [2.05, 4.69) is 25.3 Å². The third-order valence-electron chi connectivity index (χ3n) is 5.18. The third-order valence-corrected chi connectivity index (χ3v) is 5.18. The van der Waals surface area contributed by atoms with Gasteiger partial charge in [0.1, 0.15) is 6.33 Å².